The summed E-state index contributed by atoms with van der Waals surface area (Å²) in [6.45, 7) is 5.40. The second-order valence-corrected chi connectivity index (χ2v) is 6.63. The van der Waals surface area contributed by atoms with Gasteiger partial charge in [-0.05, 0) is 12.1 Å². The zero-order valence-corrected chi connectivity index (χ0v) is 18.3. The molecule has 0 fully saturated rings. The van der Waals surface area contributed by atoms with E-state index in [2.05, 4.69) is 5.92 Å². The lowest BCUT2D eigenvalue weighted by atomic mass is 10.1. The molecule has 0 bridgehead atoms. The summed E-state index contributed by atoms with van der Waals surface area (Å²) < 4.78 is 32.0. The van der Waals surface area contributed by atoms with Crippen LogP contribution in [0.2, 0.25) is 0 Å². The number of rotatable bonds is 19. The molecule has 0 spiro atoms. The van der Waals surface area contributed by atoms with Gasteiger partial charge in [-0.2, -0.15) is 0 Å². The van der Waals surface area contributed by atoms with E-state index in [9.17, 15) is 9.59 Å². The summed E-state index contributed by atoms with van der Waals surface area (Å²) in [5.74, 6) is 1.84. The van der Waals surface area contributed by atoms with Crippen LogP contribution in [0.5, 0.6) is 0 Å². The van der Waals surface area contributed by atoms with Crippen LogP contribution in [-0.4, -0.2) is 103 Å². The molecule has 9 heteroatoms. The zero-order valence-electron chi connectivity index (χ0n) is 18.3. The maximum Gasteiger partial charge on any atom is 0.261 e. The van der Waals surface area contributed by atoms with Crippen LogP contribution in [0, 0.1) is 12.3 Å². The lowest BCUT2D eigenvalue weighted by Crippen LogP contribution is -2.33. The van der Waals surface area contributed by atoms with Crippen molar-refractivity contribution >= 4 is 11.8 Å². The van der Waals surface area contributed by atoms with E-state index in [-0.39, 0.29) is 25.0 Å². The topological polar surface area (TPSA) is 92.8 Å². The highest BCUT2D eigenvalue weighted by molar-refractivity contribution is 6.21. The molecule has 1 aliphatic rings. The lowest BCUT2D eigenvalue weighted by molar-refractivity contribution is -0.0160. The Morgan fingerprint density at radius 1 is 0.625 bits per heavy atom. The third-order valence-electron chi connectivity index (χ3n) is 4.38. The van der Waals surface area contributed by atoms with Crippen molar-refractivity contribution in [3.05, 3.63) is 35.4 Å². The van der Waals surface area contributed by atoms with Crippen LogP contribution in [0.3, 0.4) is 0 Å². The standard InChI is InChI=1S/C23H31NO8/c1-2-8-27-10-12-29-14-16-31-18-19-32-17-15-30-13-11-28-9-7-24-22(25)20-5-3-4-6-21(20)23(24)26/h1,3-6H,7-19H2. The first-order chi connectivity index (χ1) is 15.8. The number of benzene rings is 1. The van der Waals surface area contributed by atoms with E-state index in [1.807, 2.05) is 0 Å². The van der Waals surface area contributed by atoms with Crippen molar-refractivity contribution in [3.63, 3.8) is 0 Å². The van der Waals surface area contributed by atoms with Crippen molar-refractivity contribution < 1.29 is 38.0 Å². The molecular weight excluding hydrogens is 418 g/mol. The molecule has 1 aromatic carbocycles. The molecule has 2 rings (SSSR count). The number of nitrogens with zero attached hydrogens (tertiary/aromatic N) is 1. The van der Waals surface area contributed by atoms with Gasteiger partial charge >= 0.3 is 0 Å². The van der Waals surface area contributed by atoms with Gasteiger partial charge in [-0.15, -0.1) is 6.42 Å². The third kappa shape index (κ3) is 9.44. The smallest absolute Gasteiger partial charge is 0.261 e. The summed E-state index contributed by atoms with van der Waals surface area (Å²) in [5.41, 5.74) is 0.892. The molecule has 0 saturated carbocycles. The molecular formula is C23H31NO8. The fourth-order valence-electron chi connectivity index (χ4n) is 2.83. The van der Waals surface area contributed by atoms with Gasteiger partial charge < -0.3 is 28.4 Å². The predicted molar refractivity (Wildman–Crippen MR) is 116 cm³/mol. The predicted octanol–water partition coefficient (Wildman–Crippen LogP) is 1.02. The van der Waals surface area contributed by atoms with E-state index in [1.165, 1.54) is 4.90 Å². The minimum Gasteiger partial charge on any atom is -0.377 e. The largest absolute Gasteiger partial charge is 0.377 e. The number of hydrogen-bond acceptors (Lipinski definition) is 8. The van der Waals surface area contributed by atoms with Crippen LogP contribution < -0.4 is 0 Å². The molecule has 0 radical (unpaired) electrons. The number of hydrogen-bond donors (Lipinski definition) is 0. The highest BCUT2D eigenvalue weighted by Gasteiger charge is 2.34. The monoisotopic (exact) mass is 449 g/mol. The van der Waals surface area contributed by atoms with E-state index >= 15 is 0 Å². The highest BCUT2D eigenvalue weighted by Crippen LogP contribution is 2.21. The van der Waals surface area contributed by atoms with Gasteiger partial charge in [-0.25, -0.2) is 0 Å². The van der Waals surface area contributed by atoms with Crippen LogP contribution >= 0.6 is 0 Å². The normalized spacial score (nSPS) is 12.9. The zero-order chi connectivity index (χ0) is 22.9. The van der Waals surface area contributed by atoms with E-state index in [4.69, 9.17) is 34.8 Å². The average Bonchev–Trinajstić information content (AvgIpc) is 3.05. The Morgan fingerprint density at radius 3 is 1.41 bits per heavy atom. The quantitative estimate of drug-likeness (QED) is 0.176. The minimum absolute atomic E-state index is 0.222. The Labute approximate surface area is 188 Å². The van der Waals surface area contributed by atoms with Crippen LogP contribution in [0.1, 0.15) is 20.7 Å². The number of ether oxygens (including phenoxy) is 6. The Hall–Kier alpha value is -2.32. The number of fused-ring (bicyclic) bond motifs is 1. The summed E-state index contributed by atoms with van der Waals surface area (Å²) in [6.07, 6.45) is 5.06. The van der Waals surface area contributed by atoms with Gasteiger partial charge in [-0.3, -0.25) is 14.5 Å². The van der Waals surface area contributed by atoms with Gasteiger partial charge in [0.05, 0.1) is 90.3 Å². The second-order valence-electron chi connectivity index (χ2n) is 6.63. The van der Waals surface area contributed by atoms with Crippen LogP contribution in [0.15, 0.2) is 24.3 Å². The number of carbonyl (C=O) groups is 2. The summed E-state index contributed by atoms with van der Waals surface area (Å²) in [6, 6.07) is 6.81. The van der Waals surface area contributed by atoms with Gasteiger partial charge in [0.2, 0.25) is 0 Å². The van der Waals surface area contributed by atoms with Crippen molar-refractivity contribution in [2.45, 2.75) is 0 Å². The minimum atomic E-state index is -0.273. The highest BCUT2D eigenvalue weighted by atomic mass is 16.6. The Balaban J connectivity index is 1.32. The molecule has 1 aromatic rings. The molecule has 2 amide bonds. The van der Waals surface area contributed by atoms with Crippen molar-refractivity contribution in [1.29, 1.82) is 0 Å². The van der Waals surface area contributed by atoms with Crippen LogP contribution in [0.4, 0.5) is 0 Å². The number of amides is 2. The molecule has 0 aromatic heterocycles. The molecule has 9 nitrogen and oxygen atoms in total. The van der Waals surface area contributed by atoms with Gasteiger partial charge in [-0.1, -0.05) is 18.1 Å². The van der Waals surface area contributed by atoms with E-state index in [0.29, 0.717) is 83.8 Å². The van der Waals surface area contributed by atoms with Gasteiger partial charge in [0, 0.05) is 0 Å². The number of terminal acetylenes is 1. The van der Waals surface area contributed by atoms with Gasteiger partial charge in [0.15, 0.2) is 0 Å². The van der Waals surface area contributed by atoms with Gasteiger partial charge in [0.25, 0.3) is 11.8 Å². The molecule has 0 aliphatic carbocycles. The SMILES string of the molecule is C#CCOCCOCCOCCOCCOCCOCCN1C(=O)c2ccccc2C1=O. The molecule has 0 N–H and O–H groups in total. The first-order valence-corrected chi connectivity index (χ1v) is 10.6. The van der Waals surface area contributed by atoms with Crippen LogP contribution in [0.25, 0.3) is 0 Å². The molecule has 0 atom stereocenters. The van der Waals surface area contributed by atoms with Crippen molar-refractivity contribution in [2.24, 2.45) is 0 Å². The molecule has 0 unspecified atom stereocenters. The van der Waals surface area contributed by atoms with Gasteiger partial charge in [0.1, 0.15) is 6.61 Å². The lowest BCUT2D eigenvalue weighted by Gasteiger charge is -2.13. The van der Waals surface area contributed by atoms with Crippen molar-refractivity contribution in [3.8, 4) is 12.3 Å². The number of carbonyl (C=O) groups excluding carboxylic acids is 2. The van der Waals surface area contributed by atoms with Crippen LogP contribution in [-0.2, 0) is 28.4 Å². The Bertz CT molecular complexity index is 698. The van der Waals surface area contributed by atoms with Crippen molar-refractivity contribution in [2.75, 3.05) is 85.8 Å². The van der Waals surface area contributed by atoms with Crippen molar-refractivity contribution in [1.82, 2.24) is 4.90 Å². The summed E-state index contributed by atoms with van der Waals surface area (Å²) in [4.78, 5) is 25.6. The summed E-state index contributed by atoms with van der Waals surface area (Å²) >= 11 is 0. The summed E-state index contributed by atoms with van der Waals surface area (Å²) in [5, 5.41) is 0. The first kappa shape index (κ1) is 25.9. The maximum absolute atomic E-state index is 12.2. The Kier molecular flexibility index (Phi) is 13.2. The Morgan fingerprint density at radius 2 is 1.00 bits per heavy atom. The maximum atomic E-state index is 12.2. The van der Waals surface area contributed by atoms with E-state index in [1.54, 1.807) is 24.3 Å². The average molecular weight is 450 g/mol. The molecule has 0 saturated heterocycles. The molecule has 1 heterocycles. The molecule has 32 heavy (non-hydrogen) atoms. The van der Waals surface area contributed by atoms with E-state index in [0.717, 1.165) is 0 Å². The fraction of sp³-hybridized carbons (Fsp3) is 0.565. The second kappa shape index (κ2) is 16.3. The molecule has 1 aliphatic heterocycles. The first-order valence-electron chi connectivity index (χ1n) is 10.6. The van der Waals surface area contributed by atoms with E-state index < -0.39 is 0 Å². The number of imide groups is 1. The fourth-order valence-corrected chi connectivity index (χ4v) is 2.83. The third-order valence-corrected chi connectivity index (χ3v) is 4.38. The summed E-state index contributed by atoms with van der Waals surface area (Å²) in [7, 11) is 0. The molecule has 176 valence electrons.